The molecule has 0 aliphatic heterocycles. The van der Waals surface area contributed by atoms with Crippen LogP contribution in [0.3, 0.4) is 0 Å². The van der Waals surface area contributed by atoms with E-state index in [1.807, 2.05) is 36.4 Å². The lowest BCUT2D eigenvalue weighted by Gasteiger charge is -2.13. The molecule has 0 aliphatic rings. The molecule has 3 aromatic rings. The summed E-state index contributed by atoms with van der Waals surface area (Å²) >= 11 is 0. The molecule has 0 unspecified atom stereocenters. The van der Waals surface area contributed by atoms with E-state index in [0.717, 1.165) is 59.3 Å². The molecule has 0 spiro atoms. The summed E-state index contributed by atoms with van der Waals surface area (Å²) in [6, 6.07) is 20.4. The fourth-order valence-corrected chi connectivity index (χ4v) is 6.51. The first-order chi connectivity index (χ1) is 23.1. The second-order valence-electron chi connectivity index (χ2n) is 13.9. The predicted molar refractivity (Wildman–Crippen MR) is 202 cm³/mol. The number of ether oxygens (including phenoxy) is 2. The Hall–Kier alpha value is -2.81. The van der Waals surface area contributed by atoms with Gasteiger partial charge in [0.05, 0.1) is 6.61 Å². The lowest BCUT2D eigenvalue weighted by Crippen LogP contribution is -2.11. The molecule has 0 saturated carbocycles. The summed E-state index contributed by atoms with van der Waals surface area (Å²) < 4.78 is 12.4. The van der Waals surface area contributed by atoms with Crippen molar-refractivity contribution >= 4 is 16.6 Å². The third-order valence-corrected chi connectivity index (χ3v) is 9.65. The van der Waals surface area contributed by atoms with E-state index in [-0.39, 0.29) is 11.7 Å². The van der Waals surface area contributed by atoms with E-state index in [0.29, 0.717) is 6.61 Å². The number of fused-ring (bicyclic) bond motifs is 1. The van der Waals surface area contributed by atoms with Crippen LogP contribution in [0, 0.1) is 5.92 Å². The first-order valence-electron chi connectivity index (χ1n) is 19.5. The Labute approximate surface area is 288 Å². The Kier molecular flexibility index (Phi) is 20.0. The van der Waals surface area contributed by atoms with Crippen molar-refractivity contribution in [3.63, 3.8) is 0 Å². The molecule has 260 valence electrons. The molecule has 0 aromatic heterocycles. The number of rotatable bonds is 28. The van der Waals surface area contributed by atoms with Crippen LogP contribution >= 0.6 is 0 Å². The second-order valence-corrected chi connectivity index (χ2v) is 13.9. The van der Waals surface area contributed by atoms with Crippen LogP contribution in [0.1, 0.15) is 172 Å². The van der Waals surface area contributed by atoms with Gasteiger partial charge in [-0.15, -0.1) is 0 Å². The van der Waals surface area contributed by atoms with Crippen LogP contribution in [-0.2, 0) is 6.61 Å². The highest BCUT2D eigenvalue weighted by Gasteiger charge is 2.15. The minimum Gasteiger partial charge on any atom is -0.494 e. The first kappa shape index (κ1) is 38.6. The molecule has 1 atom stereocenters. The molecule has 0 radical (unpaired) electrons. The third-order valence-electron chi connectivity index (χ3n) is 9.65. The monoisotopic (exact) mass is 643 g/mol. The average molecular weight is 643 g/mol. The largest absolute Gasteiger partial charge is 0.494 e. The van der Waals surface area contributed by atoms with Gasteiger partial charge in [-0.2, -0.15) is 0 Å². The molecule has 0 N–H and O–H groups in total. The van der Waals surface area contributed by atoms with Gasteiger partial charge in [-0.3, -0.25) is 4.79 Å². The summed E-state index contributed by atoms with van der Waals surface area (Å²) in [6.07, 6.45) is 27.9. The van der Waals surface area contributed by atoms with Crippen LogP contribution in [0.25, 0.3) is 10.8 Å². The van der Waals surface area contributed by atoms with E-state index >= 15 is 0 Å². The zero-order chi connectivity index (χ0) is 33.4. The number of hydrogen-bond donors (Lipinski definition) is 0. The highest BCUT2D eigenvalue weighted by molar-refractivity contribution is 5.97. The van der Waals surface area contributed by atoms with Crippen molar-refractivity contribution in [3.8, 4) is 11.5 Å². The highest BCUT2D eigenvalue weighted by Crippen LogP contribution is 2.30. The molecule has 0 fully saturated rings. The molecule has 0 heterocycles. The van der Waals surface area contributed by atoms with Crippen LogP contribution in [0.4, 0.5) is 0 Å². The molecular formula is C44H66O3. The Morgan fingerprint density at radius 1 is 0.596 bits per heavy atom. The van der Waals surface area contributed by atoms with E-state index in [4.69, 9.17) is 9.47 Å². The van der Waals surface area contributed by atoms with Crippen LogP contribution in [-0.4, -0.2) is 12.4 Å². The maximum atomic E-state index is 12.8. The van der Waals surface area contributed by atoms with Crippen molar-refractivity contribution in [1.29, 1.82) is 0 Å². The van der Waals surface area contributed by atoms with Crippen molar-refractivity contribution in [2.45, 2.75) is 162 Å². The normalized spacial score (nSPS) is 12.0. The zero-order valence-electron chi connectivity index (χ0n) is 30.3. The topological polar surface area (TPSA) is 35.5 Å². The summed E-state index contributed by atoms with van der Waals surface area (Å²) in [5.41, 5.74) is 1.86. The minimum absolute atomic E-state index is 0.0763. The van der Waals surface area contributed by atoms with Gasteiger partial charge >= 0.3 is 0 Å². The molecule has 3 heteroatoms. The third kappa shape index (κ3) is 15.8. The van der Waals surface area contributed by atoms with Crippen molar-refractivity contribution < 1.29 is 14.3 Å². The first-order valence-corrected chi connectivity index (χ1v) is 19.5. The number of carbonyl (C=O) groups is 1. The molecule has 3 aromatic carbocycles. The smallest absolute Gasteiger partial charge is 0.165 e. The lowest BCUT2D eigenvalue weighted by atomic mass is 9.93. The van der Waals surface area contributed by atoms with E-state index < -0.39 is 0 Å². The fourth-order valence-electron chi connectivity index (χ4n) is 6.51. The number of hydrogen-bond acceptors (Lipinski definition) is 3. The van der Waals surface area contributed by atoms with Gasteiger partial charge in [-0.1, -0.05) is 179 Å². The fraction of sp³-hybridized carbons (Fsp3) is 0.614. The van der Waals surface area contributed by atoms with Gasteiger partial charge in [0.1, 0.15) is 18.1 Å². The summed E-state index contributed by atoms with van der Waals surface area (Å²) in [7, 11) is 0. The predicted octanol–water partition coefficient (Wildman–Crippen LogP) is 13.8. The molecule has 47 heavy (non-hydrogen) atoms. The van der Waals surface area contributed by atoms with Crippen molar-refractivity contribution in [3.05, 3.63) is 71.8 Å². The van der Waals surface area contributed by atoms with Crippen LogP contribution in [0.5, 0.6) is 11.5 Å². The van der Waals surface area contributed by atoms with E-state index in [2.05, 4.69) is 45.0 Å². The maximum absolute atomic E-state index is 12.8. The minimum atomic E-state index is 0.0763. The second kappa shape index (κ2) is 24.3. The molecule has 0 saturated heterocycles. The Bertz CT molecular complexity index is 1230. The summed E-state index contributed by atoms with van der Waals surface area (Å²) in [5, 5.41) is 2.21. The van der Waals surface area contributed by atoms with Crippen molar-refractivity contribution in [1.82, 2.24) is 0 Å². The molecular weight excluding hydrogens is 576 g/mol. The Morgan fingerprint density at radius 2 is 1.15 bits per heavy atom. The number of benzene rings is 3. The standard InChI is InChI=1S/C44H66O3/c1-4-6-8-10-11-12-13-14-15-16-17-18-19-20-21-23-34-46-41-32-33-42-40(35-41)26-24-27-43(42)47-36-38-28-30-39(31-29-38)44(45)37(3)25-22-9-7-5-2/h24,26-33,35,37H,4-23,25,34,36H2,1-3H3/t37-/m1/s1. The van der Waals surface area contributed by atoms with Gasteiger partial charge in [0.2, 0.25) is 0 Å². The number of ketones is 1. The molecule has 3 rings (SSSR count). The van der Waals surface area contributed by atoms with Gasteiger partial charge in [0.25, 0.3) is 0 Å². The van der Waals surface area contributed by atoms with Crippen molar-refractivity contribution in [2.24, 2.45) is 5.92 Å². The molecule has 0 aliphatic carbocycles. The number of carbonyl (C=O) groups excluding carboxylic acids is 1. The molecule has 0 amide bonds. The van der Waals surface area contributed by atoms with E-state index in [9.17, 15) is 4.79 Å². The van der Waals surface area contributed by atoms with E-state index in [1.165, 1.54) is 116 Å². The Balaban J connectivity index is 1.28. The zero-order valence-corrected chi connectivity index (χ0v) is 30.3. The van der Waals surface area contributed by atoms with Crippen molar-refractivity contribution in [2.75, 3.05) is 6.61 Å². The van der Waals surface area contributed by atoms with E-state index in [1.54, 1.807) is 0 Å². The molecule has 3 nitrogen and oxygen atoms in total. The van der Waals surface area contributed by atoms with Gasteiger partial charge in [0.15, 0.2) is 5.78 Å². The molecule has 0 bridgehead atoms. The van der Waals surface area contributed by atoms with Crippen LogP contribution in [0.2, 0.25) is 0 Å². The summed E-state index contributed by atoms with van der Waals surface area (Å²) in [4.78, 5) is 12.8. The summed E-state index contributed by atoms with van der Waals surface area (Å²) in [6.45, 7) is 7.81. The van der Waals surface area contributed by atoms with Gasteiger partial charge < -0.3 is 9.47 Å². The highest BCUT2D eigenvalue weighted by atomic mass is 16.5. The van der Waals surface area contributed by atoms with Gasteiger partial charge in [-0.25, -0.2) is 0 Å². The van der Waals surface area contributed by atoms with Gasteiger partial charge in [0, 0.05) is 16.9 Å². The lowest BCUT2D eigenvalue weighted by molar-refractivity contribution is 0.0922. The van der Waals surface area contributed by atoms with Gasteiger partial charge in [-0.05, 0) is 48.1 Å². The Morgan fingerprint density at radius 3 is 1.74 bits per heavy atom. The maximum Gasteiger partial charge on any atom is 0.165 e. The average Bonchev–Trinajstić information content (AvgIpc) is 3.10. The van der Waals surface area contributed by atoms with Crippen LogP contribution in [0.15, 0.2) is 60.7 Å². The number of Topliss-reactive ketones (excluding diaryl/α,β-unsaturated/α-hetero) is 1. The SMILES string of the molecule is CCCCCCCCCCCCCCCCCCOc1ccc2c(OCc3ccc(C(=O)[C@H](C)CCCCCC)cc3)cccc2c1. The summed E-state index contributed by atoms with van der Waals surface area (Å²) in [5.74, 6) is 2.12. The number of unbranched alkanes of at least 4 members (excludes halogenated alkanes) is 18. The van der Waals surface area contributed by atoms with Crippen LogP contribution < -0.4 is 9.47 Å². The quantitative estimate of drug-likeness (QED) is 0.0584.